The summed E-state index contributed by atoms with van der Waals surface area (Å²) in [6.45, 7) is 3.51. The third-order valence-electron chi connectivity index (χ3n) is 5.54. The number of aromatic nitrogens is 5. The number of pyridine rings is 2. The number of carbonyl (C=O) groups excluding carboxylic acids is 1. The third kappa shape index (κ3) is 3.43. The van der Waals surface area contributed by atoms with Gasteiger partial charge in [0, 0.05) is 31.0 Å². The topological polar surface area (TPSA) is 123 Å². The molecule has 1 amide bonds. The van der Waals surface area contributed by atoms with E-state index in [2.05, 4.69) is 25.8 Å². The van der Waals surface area contributed by atoms with Gasteiger partial charge in [0.25, 0.3) is 5.91 Å². The summed E-state index contributed by atoms with van der Waals surface area (Å²) in [7, 11) is -1.88. The molecule has 1 aliphatic rings. The molecule has 166 valence electrons. The molecule has 5 rings (SSSR count). The summed E-state index contributed by atoms with van der Waals surface area (Å²) < 4.78 is 29.3. The minimum Gasteiger partial charge on any atom is -0.310 e. The van der Waals surface area contributed by atoms with Gasteiger partial charge in [-0.3, -0.25) is 14.6 Å². The molecule has 0 unspecified atom stereocenters. The van der Waals surface area contributed by atoms with E-state index in [1.165, 1.54) is 4.40 Å². The molecular weight excluding hydrogens is 430 g/mol. The summed E-state index contributed by atoms with van der Waals surface area (Å²) in [5, 5.41) is 0.0493. The van der Waals surface area contributed by atoms with Gasteiger partial charge in [-0.15, -0.1) is 0 Å². The van der Waals surface area contributed by atoms with E-state index >= 15 is 0 Å². The number of hydrogen-bond acceptors (Lipinski definition) is 7. The van der Waals surface area contributed by atoms with Crippen LogP contribution in [0.3, 0.4) is 0 Å². The molecule has 0 atom stereocenters. The maximum atomic E-state index is 13.1. The van der Waals surface area contributed by atoms with Crippen molar-refractivity contribution in [2.75, 3.05) is 5.75 Å². The van der Waals surface area contributed by atoms with Crippen LogP contribution in [-0.4, -0.2) is 50.0 Å². The van der Waals surface area contributed by atoms with E-state index in [1.807, 2.05) is 13.0 Å². The molecule has 4 heterocycles. The maximum absolute atomic E-state index is 13.1. The Kier molecular flexibility index (Phi) is 4.75. The molecule has 0 aliphatic heterocycles. The van der Waals surface area contributed by atoms with Crippen LogP contribution in [0.1, 0.15) is 35.7 Å². The monoisotopic (exact) mass is 453 g/mol. The van der Waals surface area contributed by atoms with Crippen LogP contribution >= 0.6 is 0 Å². The van der Waals surface area contributed by atoms with E-state index in [1.54, 1.807) is 43.1 Å². The Morgan fingerprint density at radius 3 is 2.75 bits per heavy atom. The molecule has 11 heteroatoms. The Morgan fingerprint density at radius 2 is 2.03 bits per heavy atom. The molecule has 1 aliphatic carbocycles. The predicted octanol–water partition coefficient (Wildman–Crippen LogP) is 1.78. The molecule has 1 fully saturated rings. The Balaban J connectivity index is 1.68. The Hall–Kier alpha value is -3.31. The van der Waals surface area contributed by atoms with E-state index in [0.717, 1.165) is 18.4 Å². The van der Waals surface area contributed by atoms with E-state index < -0.39 is 9.84 Å². The molecule has 1 saturated carbocycles. The lowest BCUT2D eigenvalue weighted by atomic mass is 10.2. The molecule has 0 bridgehead atoms. The second-order valence-corrected chi connectivity index (χ2v) is 10.2. The fourth-order valence-corrected chi connectivity index (χ4v) is 4.76. The molecule has 0 spiro atoms. The largest absolute Gasteiger partial charge is 0.310 e. The van der Waals surface area contributed by atoms with E-state index in [0.29, 0.717) is 34.2 Å². The highest BCUT2D eigenvalue weighted by molar-refractivity contribution is 7.91. The molecule has 0 radical (unpaired) electrons. The first kappa shape index (κ1) is 20.6. The third-order valence-corrected chi connectivity index (χ3v) is 7.28. The highest BCUT2D eigenvalue weighted by Crippen LogP contribution is 2.30. The molecule has 0 saturated heterocycles. The van der Waals surface area contributed by atoms with Crippen LogP contribution in [0.4, 0.5) is 0 Å². The van der Waals surface area contributed by atoms with Crippen molar-refractivity contribution >= 4 is 32.6 Å². The molecule has 2 N–H and O–H groups in total. The number of carbonyl (C=O) groups is 1. The van der Waals surface area contributed by atoms with E-state index in [-0.39, 0.29) is 22.4 Å². The van der Waals surface area contributed by atoms with Gasteiger partial charge in [0.1, 0.15) is 16.9 Å². The normalized spacial score (nSPS) is 14.3. The zero-order valence-electron chi connectivity index (χ0n) is 18.0. The highest BCUT2D eigenvalue weighted by Gasteiger charge is 2.28. The molecular formula is C21H23N7O3S. The van der Waals surface area contributed by atoms with Crippen LogP contribution in [-0.2, 0) is 16.9 Å². The van der Waals surface area contributed by atoms with Crippen molar-refractivity contribution in [3.63, 3.8) is 0 Å². The van der Waals surface area contributed by atoms with Crippen LogP contribution in [0, 0.1) is 6.92 Å². The summed E-state index contributed by atoms with van der Waals surface area (Å²) in [5.41, 5.74) is 8.85. The van der Waals surface area contributed by atoms with Gasteiger partial charge < -0.3 is 4.57 Å². The number of rotatable bonds is 6. The zero-order valence-corrected chi connectivity index (χ0v) is 18.8. The Labute approximate surface area is 184 Å². The van der Waals surface area contributed by atoms with Gasteiger partial charge in [-0.1, -0.05) is 6.92 Å². The smallest absolute Gasteiger partial charge is 0.265 e. The number of aryl methyl sites for hydroxylation is 2. The van der Waals surface area contributed by atoms with Gasteiger partial charge in [-0.25, -0.2) is 28.8 Å². The molecule has 4 aromatic rings. The summed E-state index contributed by atoms with van der Waals surface area (Å²) in [4.78, 5) is 26.1. The molecule has 4 aromatic heterocycles. The van der Waals surface area contributed by atoms with Gasteiger partial charge in [0.2, 0.25) is 0 Å². The van der Waals surface area contributed by atoms with Crippen LogP contribution in [0.5, 0.6) is 0 Å². The lowest BCUT2D eigenvalue weighted by Gasteiger charge is -2.07. The second-order valence-electron chi connectivity index (χ2n) is 8.04. The van der Waals surface area contributed by atoms with Crippen molar-refractivity contribution in [2.45, 2.75) is 37.8 Å². The van der Waals surface area contributed by atoms with Crippen LogP contribution in [0.2, 0.25) is 0 Å². The van der Waals surface area contributed by atoms with Crippen LogP contribution < -0.4 is 10.9 Å². The van der Waals surface area contributed by atoms with Crippen molar-refractivity contribution in [1.29, 1.82) is 0 Å². The summed E-state index contributed by atoms with van der Waals surface area (Å²) in [6, 6.07) is 5.37. The van der Waals surface area contributed by atoms with Gasteiger partial charge in [-0.2, -0.15) is 0 Å². The van der Waals surface area contributed by atoms with Crippen molar-refractivity contribution in [2.24, 2.45) is 7.05 Å². The maximum Gasteiger partial charge on any atom is 0.265 e. The van der Waals surface area contributed by atoms with Crippen molar-refractivity contribution in [1.82, 2.24) is 34.8 Å². The Morgan fingerprint density at radius 1 is 1.25 bits per heavy atom. The van der Waals surface area contributed by atoms with E-state index in [9.17, 15) is 13.2 Å². The zero-order chi connectivity index (χ0) is 22.6. The minimum absolute atomic E-state index is 0.0493. The SMILES string of the molecule is CCS(=O)(=O)c1c(-c2nc3cc(C)cnc3n2C)nc2cc(C(=O)NNC3CC3)ccn12. The number of nitrogens with zero attached hydrogens (tertiary/aromatic N) is 5. The van der Waals surface area contributed by atoms with Crippen molar-refractivity contribution < 1.29 is 13.2 Å². The second kappa shape index (κ2) is 7.38. The number of sulfone groups is 1. The highest BCUT2D eigenvalue weighted by atomic mass is 32.2. The van der Waals surface area contributed by atoms with Crippen molar-refractivity contribution in [3.05, 3.63) is 41.7 Å². The number of fused-ring (bicyclic) bond motifs is 2. The number of imidazole rings is 2. The Bertz CT molecular complexity index is 1480. The molecule has 32 heavy (non-hydrogen) atoms. The van der Waals surface area contributed by atoms with Crippen LogP contribution in [0.15, 0.2) is 35.6 Å². The minimum atomic E-state index is -3.66. The van der Waals surface area contributed by atoms with Crippen molar-refractivity contribution in [3.8, 4) is 11.5 Å². The fraction of sp³-hybridized carbons (Fsp3) is 0.333. The van der Waals surface area contributed by atoms with Crippen LogP contribution in [0.25, 0.3) is 28.3 Å². The average molecular weight is 454 g/mol. The average Bonchev–Trinajstić information content (AvgIpc) is 3.44. The predicted molar refractivity (Wildman–Crippen MR) is 119 cm³/mol. The lowest BCUT2D eigenvalue weighted by molar-refractivity contribution is 0.0932. The van der Waals surface area contributed by atoms with Gasteiger partial charge >= 0.3 is 0 Å². The first-order chi connectivity index (χ1) is 15.3. The first-order valence-electron chi connectivity index (χ1n) is 10.4. The standard InChI is InChI=1S/C21H23N7O3S/c1-4-32(30,31)21-17(19-23-15-9-12(2)11-22-18(15)27(19)3)24-16-10-13(7-8-28(16)21)20(29)26-25-14-5-6-14/h7-11,14,25H,4-6H2,1-3H3,(H,26,29). The molecule has 10 nitrogen and oxygen atoms in total. The number of amides is 1. The van der Waals surface area contributed by atoms with Gasteiger partial charge in [0.05, 0.1) is 5.75 Å². The first-order valence-corrected chi connectivity index (χ1v) is 12.0. The summed E-state index contributed by atoms with van der Waals surface area (Å²) in [5.74, 6) is 0.00399. The van der Waals surface area contributed by atoms with Gasteiger partial charge in [-0.05, 0) is 43.5 Å². The lowest BCUT2D eigenvalue weighted by Crippen LogP contribution is -2.38. The fourth-order valence-electron chi connectivity index (χ4n) is 3.60. The number of hydrazine groups is 1. The van der Waals surface area contributed by atoms with E-state index in [4.69, 9.17) is 0 Å². The molecule has 0 aromatic carbocycles. The summed E-state index contributed by atoms with van der Waals surface area (Å²) in [6.07, 6.45) is 5.37. The van der Waals surface area contributed by atoms with Gasteiger partial charge in [0.15, 0.2) is 26.3 Å². The quantitative estimate of drug-likeness (QED) is 0.427. The number of hydrogen-bond donors (Lipinski definition) is 2. The summed E-state index contributed by atoms with van der Waals surface area (Å²) >= 11 is 0. The number of nitrogens with one attached hydrogen (secondary N) is 2.